The molecule has 7 nitrogen and oxygen atoms in total. The van der Waals surface area contributed by atoms with Crippen LogP contribution in [0.4, 0.5) is 0 Å². The number of amides is 1. The van der Waals surface area contributed by atoms with Crippen molar-refractivity contribution in [3.05, 3.63) is 90.5 Å². The third-order valence-electron chi connectivity index (χ3n) is 5.00. The summed E-state index contributed by atoms with van der Waals surface area (Å²) in [7, 11) is 3.46. The van der Waals surface area contributed by atoms with Gasteiger partial charge in [0.1, 0.15) is 5.75 Å². The molecule has 4 aromatic rings. The van der Waals surface area contributed by atoms with E-state index in [0.29, 0.717) is 18.8 Å². The van der Waals surface area contributed by atoms with E-state index >= 15 is 0 Å². The number of hydrogen-bond donors (Lipinski definition) is 0. The van der Waals surface area contributed by atoms with Gasteiger partial charge in [0, 0.05) is 43.4 Å². The van der Waals surface area contributed by atoms with Gasteiger partial charge in [0.25, 0.3) is 0 Å². The summed E-state index contributed by atoms with van der Waals surface area (Å²) in [5, 5.41) is 5.19. The molecule has 32 heavy (non-hydrogen) atoms. The first-order chi connectivity index (χ1) is 15.6. The van der Waals surface area contributed by atoms with Crippen LogP contribution in [0.2, 0.25) is 0 Å². The fraction of sp³-hybridized carbons (Fsp3) is 0.208. The van der Waals surface area contributed by atoms with E-state index in [1.807, 2.05) is 77.4 Å². The van der Waals surface area contributed by atoms with Crippen LogP contribution in [0.1, 0.15) is 11.1 Å². The van der Waals surface area contributed by atoms with Gasteiger partial charge in [0.05, 0.1) is 25.6 Å². The average molecular weight is 448 g/mol. The number of imidazole rings is 1. The van der Waals surface area contributed by atoms with Gasteiger partial charge >= 0.3 is 0 Å². The van der Waals surface area contributed by atoms with Gasteiger partial charge in [-0.05, 0) is 29.8 Å². The first kappa shape index (κ1) is 21.7. The Hall–Kier alpha value is -3.52. The highest BCUT2D eigenvalue weighted by atomic mass is 32.2. The van der Waals surface area contributed by atoms with Gasteiger partial charge in [-0.15, -0.1) is 0 Å². The average Bonchev–Trinajstić information content (AvgIpc) is 3.47. The maximum atomic E-state index is 12.7. The van der Waals surface area contributed by atoms with Crippen molar-refractivity contribution in [3.8, 4) is 11.4 Å². The van der Waals surface area contributed by atoms with Crippen molar-refractivity contribution in [1.82, 2.24) is 24.2 Å². The van der Waals surface area contributed by atoms with Gasteiger partial charge in [-0.1, -0.05) is 42.1 Å². The van der Waals surface area contributed by atoms with E-state index in [1.165, 1.54) is 17.3 Å². The number of carbonyl (C=O) groups excluding carboxylic acids is 1. The minimum Gasteiger partial charge on any atom is -0.497 e. The zero-order valence-corrected chi connectivity index (χ0v) is 18.9. The van der Waals surface area contributed by atoms with Crippen molar-refractivity contribution in [1.29, 1.82) is 0 Å². The predicted molar refractivity (Wildman–Crippen MR) is 125 cm³/mol. The Morgan fingerprint density at radius 2 is 1.88 bits per heavy atom. The number of carbonyl (C=O) groups is 1. The van der Waals surface area contributed by atoms with Crippen LogP contribution < -0.4 is 4.74 Å². The molecule has 8 heteroatoms. The minimum atomic E-state index is 0.0371. The number of rotatable bonds is 9. The number of nitrogens with zero attached hydrogens (tertiary/aromatic N) is 5. The fourth-order valence-electron chi connectivity index (χ4n) is 3.28. The summed E-state index contributed by atoms with van der Waals surface area (Å²) in [5.41, 5.74) is 3.16. The number of methoxy groups -OCH3 is 1. The topological polar surface area (TPSA) is 65.2 Å². The van der Waals surface area contributed by atoms with Gasteiger partial charge in [-0.2, -0.15) is 5.10 Å². The summed E-state index contributed by atoms with van der Waals surface area (Å²) >= 11 is 1.42. The van der Waals surface area contributed by atoms with Crippen LogP contribution in [0, 0.1) is 0 Å². The summed E-state index contributed by atoms with van der Waals surface area (Å²) in [6, 6.07) is 17.9. The molecule has 0 spiro atoms. The first-order valence-corrected chi connectivity index (χ1v) is 11.2. The Labute approximate surface area is 191 Å². The Morgan fingerprint density at radius 1 is 1.09 bits per heavy atom. The molecular formula is C24H25N5O2S. The molecule has 0 aliphatic heterocycles. The molecular weight excluding hydrogens is 422 g/mol. The zero-order valence-electron chi connectivity index (χ0n) is 18.1. The smallest absolute Gasteiger partial charge is 0.233 e. The van der Waals surface area contributed by atoms with Gasteiger partial charge < -0.3 is 9.64 Å². The lowest BCUT2D eigenvalue weighted by atomic mass is 10.2. The third kappa shape index (κ3) is 5.39. The SMILES string of the molecule is COc1ccc(-n2ccnc2SCC(=O)N(C)Cc2cnn(Cc3ccccc3)c2)cc1. The Kier molecular flexibility index (Phi) is 6.91. The normalized spacial score (nSPS) is 10.8. The predicted octanol–water partition coefficient (Wildman–Crippen LogP) is 3.88. The fourth-order valence-corrected chi connectivity index (χ4v) is 4.19. The number of thioether (sulfide) groups is 1. The van der Waals surface area contributed by atoms with Crippen LogP contribution in [0.5, 0.6) is 5.75 Å². The van der Waals surface area contributed by atoms with Gasteiger partial charge in [0.15, 0.2) is 5.16 Å². The van der Waals surface area contributed by atoms with Gasteiger partial charge in [-0.25, -0.2) is 4.98 Å². The van der Waals surface area contributed by atoms with E-state index in [4.69, 9.17) is 4.74 Å². The molecule has 0 bridgehead atoms. The maximum absolute atomic E-state index is 12.7. The highest BCUT2D eigenvalue weighted by molar-refractivity contribution is 7.99. The summed E-state index contributed by atoms with van der Waals surface area (Å²) in [5.74, 6) is 1.14. The largest absolute Gasteiger partial charge is 0.497 e. The van der Waals surface area contributed by atoms with E-state index in [0.717, 1.165) is 22.2 Å². The molecule has 0 aliphatic carbocycles. The lowest BCUT2D eigenvalue weighted by Crippen LogP contribution is -2.27. The van der Waals surface area contributed by atoms with Crippen LogP contribution in [0.15, 0.2) is 84.5 Å². The van der Waals surface area contributed by atoms with E-state index < -0.39 is 0 Å². The monoisotopic (exact) mass is 447 g/mol. The summed E-state index contributed by atoms with van der Waals surface area (Å²) < 4.78 is 9.07. The highest BCUT2D eigenvalue weighted by Crippen LogP contribution is 2.22. The van der Waals surface area contributed by atoms with E-state index in [9.17, 15) is 4.79 Å². The number of ether oxygens (including phenoxy) is 1. The van der Waals surface area contributed by atoms with Crippen LogP contribution in [-0.4, -0.2) is 50.0 Å². The molecule has 164 valence electrons. The molecule has 0 radical (unpaired) electrons. The van der Waals surface area contributed by atoms with E-state index in [2.05, 4.69) is 22.2 Å². The van der Waals surface area contributed by atoms with Crippen LogP contribution >= 0.6 is 11.8 Å². The summed E-state index contributed by atoms with van der Waals surface area (Å²) in [6.07, 6.45) is 7.43. The Balaban J connectivity index is 1.32. The van der Waals surface area contributed by atoms with Crippen LogP contribution in [0.3, 0.4) is 0 Å². The Bertz CT molecular complexity index is 1150. The molecule has 0 aliphatic rings. The molecule has 2 aromatic carbocycles. The molecule has 2 heterocycles. The second-order valence-corrected chi connectivity index (χ2v) is 8.29. The van der Waals surface area contributed by atoms with Gasteiger partial charge in [0.2, 0.25) is 5.91 Å². The summed E-state index contributed by atoms with van der Waals surface area (Å²) in [6.45, 7) is 1.23. The molecule has 2 aromatic heterocycles. The molecule has 0 atom stereocenters. The lowest BCUT2D eigenvalue weighted by Gasteiger charge is -2.16. The second-order valence-electron chi connectivity index (χ2n) is 7.35. The Morgan fingerprint density at radius 3 is 2.62 bits per heavy atom. The molecule has 0 fully saturated rings. The zero-order chi connectivity index (χ0) is 22.3. The number of hydrogen-bond acceptors (Lipinski definition) is 5. The number of aromatic nitrogens is 4. The van der Waals surface area contributed by atoms with Crippen molar-refractivity contribution >= 4 is 17.7 Å². The van der Waals surface area contributed by atoms with Crippen LogP contribution in [0.25, 0.3) is 5.69 Å². The molecule has 0 unspecified atom stereocenters. The number of benzene rings is 2. The van der Waals surface area contributed by atoms with Crippen molar-refractivity contribution in [2.24, 2.45) is 0 Å². The molecule has 0 saturated heterocycles. The van der Waals surface area contributed by atoms with Gasteiger partial charge in [-0.3, -0.25) is 14.0 Å². The standard InChI is InChI=1S/C24H25N5O2S/c1-27(15-20-14-26-28(17-20)16-19-6-4-3-5-7-19)23(30)18-32-24-25-12-13-29(24)21-8-10-22(31-2)11-9-21/h3-14,17H,15-16,18H2,1-2H3. The van der Waals surface area contributed by atoms with Crippen molar-refractivity contribution in [3.63, 3.8) is 0 Å². The first-order valence-electron chi connectivity index (χ1n) is 10.2. The van der Waals surface area contributed by atoms with Crippen molar-refractivity contribution in [2.45, 2.75) is 18.2 Å². The van der Waals surface area contributed by atoms with E-state index in [1.54, 1.807) is 18.2 Å². The van der Waals surface area contributed by atoms with E-state index in [-0.39, 0.29) is 5.91 Å². The summed E-state index contributed by atoms with van der Waals surface area (Å²) in [4.78, 5) is 18.8. The third-order valence-corrected chi connectivity index (χ3v) is 5.95. The molecule has 0 N–H and O–H groups in total. The minimum absolute atomic E-state index is 0.0371. The molecule has 0 saturated carbocycles. The van der Waals surface area contributed by atoms with Crippen LogP contribution in [-0.2, 0) is 17.9 Å². The molecule has 1 amide bonds. The highest BCUT2D eigenvalue weighted by Gasteiger charge is 2.14. The maximum Gasteiger partial charge on any atom is 0.233 e. The lowest BCUT2D eigenvalue weighted by molar-refractivity contribution is -0.127. The van der Waals surface area contributed by atoms with Crippen molar-refractivity contribution < 1.29 is 9.53 Å². The van der Waals surface area contributed by atoms with Crippen molar-refractivity contribution in [2.75, 3.05) is 19.9 Å². The quantitative estimate of drug-likeness (QED) is 0.365. The second kappa shape index (κ2) is 10.2. The molecule has 4 rings (SSSR count).